The minimum Gasteiger partial charge on any atom is -0.490 e. The van der Waals surface area contributed by atoms with E-state index in [1.54, 1.807) is 57.0 Å². The summed E-state index contributed by atoms with van der Waals surface area (Å²) in [6, 6.07) is 31.8. The van der Waals surface area contributed by atoms with Gasteiger partial charge in [-0.3, -0.25) is 14.2 Å². The molecule has 10 nitrogen and oxygen atoms in total. The number of ether oxygens (including phenoxy) is 2. The van der Waals surface area contributed by atoms with Crippen LogP contribution < -0.4 is 20.6 Å². The monoisotopic (exact) mass is 900 g/mol. The van der Waals surface area contributed by atoms with Gasteiger partial charge < -0.3 is 24.7 Å². The highest BCUT2D eigenvalue weighted by Crippen LogP contribution is 2.24. The number of H-pyrrole nitrogens is 1. The van der Waals surface area contributed by atoms with Crippen molar-refractivity contribution in [1.82, 2.24) is 19.5 Å². The maximum absolute atomic E-state index is 12.9. The molecule has 6 aromatic rings. The molecule has 6 rings (SSSR count). The number of aliphatic hydroxyl groups is 2. The first-order valence-electron chi connectivity index (χ1n) is 19.1. The summed E-state index contributed by atoms with van der Waals surface area (Å²) >= 11 is 6.34. The van der Waals surface area contributed by atoms with Gasteiger partial charge in [0.1, 0.15) is 24.7 Å². The quantitative estimate of drug-likeness (QED) is 0.0856. The maximum Gasteiger partial charge on any atom is 0.287 e. The molecule has 0 aliphatic rings. The molecular weight excluding hydrogens is 849 g/mol. The number of nitrogens with one attached hydrogen (secondary N) is 1. The molecule has 2 heterocycles. The largest absolute Gasteiger partial charge is 0.490 e. The fourth-order valence-corrected chi connectivity index (χ4v) is 7.41. The normalized spacial score (nSPS) is 11.1. The molecule has 0 bridgehead atoms. The first-order chi connectivity index (χ1) is 28.1. The number of hydrogen-bond donors (Lipinski definition) is 3. The van der Waals surface area contributed by atoms with Crippen molar-refractivity contribution in [3.63, 3.8) is 0 Å². The van der Waals surface area contributed by atoms with Crippen LogP contribution in [0.4, 0.5) is 0 Å². The summed E-state index contributed by atoms with van der Waals surface area (Å²) < 4.78 is 13.8. The summed E-state index contributed by atoms with van der Waals surface area (Å²) in [4.78, 5) is 35.1. The van der Waals surface area contributed by atoms with Gasteiger partial charge >= 0.3 is 0 Å². The Morgan fingerprint density at radius 1 is 0.695 bits per heavy atom. The van der Waals surface area contributed by atoms with Crippen molar-refractivity contribution in [3.8, 4) is 17.2 Å². The Morgan fingerprint density at radius 3 is 1.71 bits per heavy atom. The molecule has 59 heavy (non-hydrogen) atoms. The van der Waals surface area contributed by atoms with Gasteiger partial charge in [0.25, 0.3) is 11.1 Å². The van der Waals surface area contributed by atoms with Gasteiger partial charge in [0.2, 0.25) is 0 Å². The lowest BCUT2D eigenvalue weighted by Crippen LogP contribution is -2.28. The van der Waals surface area contributed by atoms with Gasteiger partial charge in [-0.15, -0.1) is 23.5 Å². The van der Waals surface area contributed by atoms with Crippen LogP contribution in [0.5, 0.6) is 11.5 Å². The van der Waals surface area contributed by atoms with Crippen LogP contribution in [0.15, 0.2) is 146 Å². The van der Waals surface area contributed by atoms with Crippen LogP contribution in [0.25, 0.3) is 5.69 Å². The van der Waals surface area contributed by atoms with E-state index in [4.69, 9.17) is 9.47 Å². The van der Waals surface area contributed by atoms with Gasteiger partial charge in [-0.05, 0) is 113 Å². The van der Waals surface area contributed by atoms with E-state index in [2.05, 4.69) is 55.1 Å². The molecule has 0 aliphatic heterocycles. The standard InChI is InChI=1S/C23H26N2O3S.C12H12N2OS.C11H15BrO2/c1-17-15-19(9-10-20(17)28-16-23(2,3)27)25-13-12-24-21(22(25)26)29-14-11-18-7-5-4-6-8-18;15-11-12(14-8-7-13-11)16-9-6-10-4-2-1-3-5-10;1-8-6-9(12)4-5-10(8)14-7-11(2,3)13/h4-10,12-13,15,27H,11,14,16H2,1-3H3;1-5,7-8H,6,9H2,(H,13,15);4-6,13H,7H2,1-3H3. The number of benzene rings is 4. The fraction of sp³-hybridized carbons (Fsp3) is 0.304. The molecule has 13 heteroatoms. The summed E-state index contributed by atoms with van der Waals surface area (Å²) in [5.74, 6) is 3.16. The zero-order valence-corrected chi connectivity index (χ0v) is 37.6. The van der Waals surface area contributed by atoms with Gasteiger partial charge in [0.15, 0.2) is 10.1 Å². The third-order valence-electron chi connectivity index (χ3n) is 8.16. The lowest BCUT2D eigenvalue weighted by atomic mass is 10.1. The van der Waals surface area contributed by atoms with Crippen molar-refractivity contribution < 1.29 is 19.7 Å². The van der Waals surface area contributed by atoms with Crippen LogP contribution in [0, 0.1) is 13.8 Å². The van der Waals surface area contributed by atoms with E-state index < -0.39 is 11.2 Å². The van der Waals surface area contributed by atoms with Crippen LogP contribution in [0.3, 0.4) is 0 Å². The van der Waals surface area contributed by atoms with Crippen molar-refractivity contribution in [3.05, 3.63) is 169 Å². The first kappa shape index (κ1) is 47.0. The number of aryl methyl sites for hydroxylation is 4. The second kappa shape index (κ2) is 23.2. The molecule has 3 N–H and O–H groups in total. The predicted octanol–water partition coefficient (Wildman–Crippen LogP) is 9.04. The Labute approximate surface area is 363 Å². The smallest absolute Gasteiger partial charge is 0.287 e. The van der Waals surface area contributed by atoms with Gasteiger partial charge in [-0.25, -0.2) is 9.97 Å². The van der Waals surface area contributed by atoms with E-state index in [0.717, 1.165) is 51.4 Å². The van der Waals surface area contributed by atoms with Gasteiger partial charge in [-0.2, -0.15) is 0 Å². The Kier molecular flexibility index (Phi) is 18.5. The van der Waals surface area contributed by atoms with E-state index >= 15 is 0 Å². The third kappa shape index (κ3) is 17.2. The number of thioether (sulfide) groups is 2. The Balaban J connectivity index is 0.000000216. The summed E-state index contributed by atoms with van der Waals surface area (Å²) in [6.07, 6.45) is 8.31. The topological polar surface area (TPSA) is 140 Å². The van der Waals surface area contributed by atoms with Crippen LogP contribution in [0.1, 0.15) is 49.9 Å². The van der Waals surface area contributed by atoms with E-state index in [1.165, 1.54) is 34.7 Å². The first-order valence-corrected chi connectivity index (χ1v) is 21.9. The minimum atomic E-state index is -0.904. The maximum atomic E-state index is 12.9. The SMILES string of the molecule is Cc1cc(-n2ccnc(SCCc3ccccc3)c2=O)ccc1OCC(C)(C)O.Cc1cc(Br)ccc1OCC(C)(C)O.O=c1[nH]ccnc1SCCc1ccccc1. The lowest BCUT2D eigenvalue weighted by Gasteiger charge is -2.19. The summed E-state index contributed by atoms with van der Waals surface area (Å²) in [7, 11) is 0. The van der Waals surface area contributed by atoms with Crippen LogP contribution in [0.2, 0.25) is 0 Å². The summed E-state index contributed by atoms with van der Waals surface area (Å²) in [5.41, 5.74) is 3.30. The molecule has 4 aromatic carbocycles. The number of aromatic nitrogens is 4. The summed E-state index contributed by atoms with van der Waals surface area (Å²) in [6.45, 7) is 11.2. The number of aromatic amines is 1. The van der Waals surface area contributed by atoms with E-state index in [-0.39, 0.29) is 17.7 Å². The van der Waals surface area contributed by atoms with Crippen molar-refractivity contribution >= 4 is 39.5 Å². The van der Waals surface area contributed by atoms with Crippen molar-refractivity contribution in [2.45, 2.75) is 75.6 Å². The molecular formula is C46H53BrN4O6S2. The highest BCUT2D eigenvalue weighted by molar-refractivity contribution is 9.10. The van der Waals surface area contributed by atoms with E-state index in [0.29, 0.717) is 22.4 Å². The predicted molar refractivity (Wildman–Crippen MR) is 244 cm³/mol. The molecule has 0 radical (unpaired) electrons. The number of nitrogens with zero attached hydrogens (tertiary/aromatic N) is 3. The fourth-order valence-electron chi connectivity index (χ4n) is 5.19. The molecule has 0 fully saturated rings. The third-order valence-corrected chi connectivity index (χ3v) is 10.6. The number of hydrogen-bond acceptors (Lipinski definition) is 10. The number of rotatable bonds is 15. The summed E-state index contributed by atoms with van der Waals surface area (Å²) in [5, 5.41) is 20.4. The molecule has 0 atom stereocenters. The second-order valence-corrected chi connectivity index (χ2v) is 17.9. The van der Waals surface area contributed by atoms with Crippen LogP contribution in [-0.4, -0.2) is 65.7 Å². The average molecular weight is 902 g/mol. The molecule has 2 aromatic heterocycles. The Bertz CT molecular complexity index is 2310. The second-order valence-electron chi connectivity index (χ2n) is 14.9. The lowest BCUT2D eigenvalue weighted by molar-refractivity contribution is 0.0279. The zero-order valence-electron chi connectivity index (χ0n) is 34.4. The molecule has 0 saturated carbocycles. The zero-order chi connectivity index (χ0) is 42.8. The van der Waals surface area contributed by atoms with Crippen LogP contribution >= 0.6 is 39.5 Å². The van der Waals surface area contributed by atoms with Crippen molar-refractivity contribution in [2.75, 3.05) is 24.7 Å². The van der Waals surface area contributed by atoms with Crippen molar-refractivity contribution in [2.24, 2.45) is 0 Å². The van der Waals surface area contributed by atoms with Gasteiger partial charge in [0.05, 0.1) is 11.2 Å². The minimum absolute atomic E-state index is 0.111. The van der Waals surface area contributed by atoms with Gasteiger partial charge in [-0.1, -0.05) is 76.6 Å². The molecule has 0 aliphatic carbocycles. The Morgan fingerprint density at radius 2 is 1.20 bits per heavy atom. The van der Waals surface area contributed by atoms with E-state index in [9.17, 15) is 19.8 Å². The number of halogens is 1. The molecule has 0 unspecified atom stereocenters. The Hall–Kier alpha value is -4.66. The van der Waals surface area contributed by atoms with E-state index in [1.807, 2.05) is 86.6 Å². The average Bonchev–Trinajstić information content (AvgIpc) is 3.19. The van der Waals surface area contributed by atoms with Crippen LogP contribution in [-0.2, 0) is 12.8 Å². The highest BCUT2D eigenvalue weighted by Gasteiger charge is 2.16. The molecule has 0 amide bonds. The van der Waals surface area contributed by atoms with Crippen molar-refractivity contribution in [1.29, 1.82) is 0 Å². The molecule has 312 valence electrons. The highest BCUT2D eigenvalue weighted by atomic mass is 79.9. The molecule has 0 spiro atoms. The molecule has 0 saturated heterocycles. The van der Waals surface area contributed by atoms with Gasteiger partial charge in [0, 0.05) is 46.5 Å².